The van der Waals surface area contributed by atoms with E-state index in [0.29, 0.717) is 11.5 Å². The van der Waals surface area contributed by atoms with E-state index < -0.39 is 23.4 Å². The van der Waals surface area contributed by atoms with Crippen LogP contribution in [0.4, 0.5) is 10.5 Å². The second-order valence-electron chi connectivity index (χ2n) is 8.23. The van der Waals surface area contributed by atoms with Gasteiger partial charge in [0, 0.05) is 5.69 Å². The van der Waals surface area contributed by atoms with Crippen LogP contribution in [0.1, 0.15) is 55.9 Å². The molecule has 1 saturated heterocycles. The van der Waals surface area contributed by atoms with Gasteiger partial charge in [-0.15, -0.1) is 0 Å². The first-order valence-electron chi connectivity index (χ1n) is 10.3. The predicted octanol–water partition coefficient (Wildman–Crippen LogP) is 4.09. The standard InChI is InChI=1S/C24H29N3O3/c1-6-17-9-7-8-16(4)21(17)25-20(28)14-27-22(29)24(5,26-23(27)30)19-12-10-18(11-13-19)15(2)3/h7-13,15H,6,14H2,1-5H3,(H,25,28)(H,26,30)/t24-/m1/s1. The van der Waals surface area contributed by atoms with Crippen LogP contribution >= 0.6 is 0 Å². The molecule has 0 aliphatic carbocycles. The van der Waals surface area contributed by atoms with Gasteiger partial charge in [-0.1, -0.05) is 63.2 Å². The smallest absolute Gasteiger partial charge is 0.324 e. The minimum absolute atomic E-state index is 0.332. The average molecular weight is 408 g/mol. The van der Waals surface area contributed by atoms with Gasteiger partial charge < -0.3 is 10.6 Å². The van der Waals surface area contributed by atoms with Crippen LogP contribution in [0, 0.1) is 6.92 Å². The lowest BCUT2D eigenvalue weighted by Gasteiger charge is -2.23. The normalized spacial score (nSPS) is 18.7. The zero-order chi connectivity index (χ0) is 22.1. The highest BCUT2D eigenvalue weighted by Gasteiger charge is 2.49. The van der Waals surface area contributed by atoms with Crippen LogP contribution in [0.5, 0.6) is 0 Å². The van der Waals surface area contributed by atoms with Crippen LogP contribution in [0.2, 0.25) is 0 Å². The first kappa shape index (κ1) is 21.6. The fourth-order valence-electron chi connectivity index (χ4n) is 3.76. The topological polar surface area (TPSA) is 78.5 Å². The van der Waals surface area contributed by atoms with E-state index in [1.807, 2.05) is 56.3 Å². The molecule has 2 N–H and O–H groups in total. The quantitative estimate of drug-likeness (QED) is 0.708. The van der Waals surface area contributed by atoms with Crippen LogP contribution in [0.15, 0.2) is 42.5 Å². The van der Waals surface area contributed by atoms with Crippen molar-refractivity contribution in [3.8, 4) is 0 Å². The van der Waals surface area contributed by atoms with Crippen LogP contribution in [-0.4, -0.2) is 29.3 Å². The Labute approximate surface area is 177 Å². The van der Waals surface area contributed by atoms with Gasteiger partial charge in [0.05, 0.1) is 0 Å². The summed E-state index contributed by atoms with van der Waals surface area (Å²) in [6, 6.07) is 12.9. The number of imide groups is 1. The second-order valence-corrected chi connectivity index (χ2v) is 8.23. The molecule has 1 aliphatic rings. The Bertz CT molecular complexity index is 982. The molecule has 30 heavy (non-hydrogen) atoms. The first-order chi connectivity index (χ1) is 14.2. The number of para-hydroxylation sites is 1. The Kier molecular flexibility index (Phi) is 5.97. The summed E-state index contributed by atoms with van der Waals surface area (Å²) in [6.07, 6.45) is 0.769. The first-order valence-corrected chi connectivity index (χ1v) is 10.3. The van der Waals surface area contributed by atoms with Gasteiger partial charge >= 0.3 is 6.03 Å². The number of aryl methyl sites for hydroxylation is 2. The second kappa shape index (κ2) is 8.30. The minimum Gasteiger partial charge on any atom is -0.324 e. The fourth-order valence-corrected chi connectivity index (χ4v) is 3.76. The molecule has 2 aromatic rings. The largest absolute Gasteiger partial charge is 0.325 e. The van der Waals surface area contributed by atoms with Crippen molar-refractivity contribution >= 4 is 23.5 Å². The minimum atomic E-state index is -1.19. The van der Waals surface area contributed by atoms with Gasteiger partial charge in [-0.05, 0) is 48.4 Å². The van der Waals surface area contributed by atoms with Crippen molar-refractivity contribution in [3.63, 3.8) is 0 Å². The van der Waals surface area contributed by atoms with Gasteiger partial charge in [0.1, 0.15) is 12.1 Å². The van der Waals surface area contributed by atoms with Crippen molar-refractivity contribution in [2.24, 2.45) is 0 Å². The Morgan fingerprint density at radius 2 is 1.80 bits per heavy atom. The summed E-state index contributed by atoms with van der Waals surface area (Å²) >= 11 is 0. The predicted molar refractivity (Wildman–Crippen MR) is 117 cm³/mol. The molecule has 3 rings (SSSR count). The van der Waals surface area contributed by atoms with Crippen LogP contribution in [0.25, 0.3) is 0 Å². The van der Waals surface area contributed by atoms with Crippen molar-refractivity contribution in [2.45, 2.75) is 52.5 Å². The summed E-state index contributed by atoms with van der Waals surface area (Å²) in [6.45, 7) is 9.46. The van der Waals surface area contributed by atoms with Crippen molar-refractivity contribution in [3.05, 3.63) is 64.7 Å². The maximum atomic E-state index is 13.1. The highest BCUT2D eigenvalue weighted by atomic mass is 16.2. The summed E-state index contributed by atoms with van der Waals surface area (Å²) in [5, 5.41) is 5.63. The number of carbonyl (C=O) groups is 3. The zero-order valence-electron chi connectivity index (χ0n) is 18.2. The lowest BCUT2D eigenvalue weighted by Crippen LogP contribution is -2.42. The third kappa shape index (κ3) is 3.95. The number of hydrogen-bond donors (Lipinski definition) is 2. The van der Waals surface area contributed by atoms with E-state index in [1.54, 1.807) is 6.92 Å². The van der Waals surface area contributed by atoms with E-state index in [4.69, 9.17) is 0 Å². The average Bonchev–Trinajstić information content (AvgIpc) is 2.93. The zero-order valence-corrected chi connectivity index (χ0v) is 18.2. The molecule has 0 bridgehead atoms. The lowest BCUT2D eigenvalue weighted by molar-refractivity contribution is -0.133. The molecule has 0 saturated carbocycles. The van der Waals surface area contributed by atoms with E-state index in [9.17, 15) is 14.4 Å². The molecule has 0 unspecified atom stereocenters. The fraction of sp³-hybridized carbons (Fsp3) is 0.375. The lowest BCUT2D eigenvalue weighted by atomic mass is 9.90. The molecule has 4 amide bonds. The van der Waals surface area contributed by atoms with Crippen molar-refractivity contribution in [2.75, 3.05) is 11.9 Å². The van der Waals surface area contributed by atoms with Crippen LogP contribution in [0.3, 0.4) is 0 Å². The highest BCUT2D eigenvalue weighted by Crippen LogP contribution is 2.30. The summed E-state index contributed by atoms with van der Waals surface area (Å²) in [4.78, 5) is 39.3. The Morgan fingerprint density at radius 3 is 2.40 bits per heavy atom. The summed E-state index contributed by atoms with van der Waals surface area (Å²) in [5.41, 5.74) is 3.35. The molecule has 1 heterocycles. The van der Waals surface area contributed by atoms with E-state index in [-0.39, 0.29) is 6.54 Å². The molecule has 158 valence electrons. The van der Waals surface area contributed by atoms with Gasteiger partial charge in [0.2, 0.25) is 5.91 Å². The van der Waals surface area contributed by atoms with E-state index >= 15 is 0 Å². The highest BCUT2D eigenvalue weighted by molar-refractivity contribution is 6.10. The SMILES string of the molecule is CCc1cccc(C)c1NC(=O)CN1C(=O)N[C@](C)(c2ccc(C(C)C)cc2)C1=O. The number of amides is 4. The van der Waals surface area contributed by atoms with Gasteiger partial charge in [0.15, 0.2) is 0 Å². The number of benzene rings is 2. The molecular formula is C24H29N3O3. The van der Waals surface area contributed by atoms with E-state index in [1.165, 1.54) is 0 Å². The summed E-state index contributed by atoms with van der Waals surface area (Å²) in [7, 11) is 0. The number of anilines is 1. The number of nitrogens with zero attached hydrogens (tertiary/aromatic N) is 1. The van der Waals surface area contributed by atoms with Crippen LogP contribution in [-0.2, 0) is 21.5 Å². The molecule has 2 aromatic carbocycles. The monoisotopic (exact) mass is 407 g/mol. The maximum absolute atomic E-state index is 13.1. The maximum Gasteiger partial charge on any atom is 0.325 e. The number of rotatable bonds is 6. The van der Waals surface area contributed by atoms with Crippen molar-refractivity contribution in [1.29, 1.82) is 0 Å². The number of nitrogens with one attached hydrogen (secondary N) is 2. The molecule has 1 atom stereocenters. The third-order valence-corrected chi connectivity index (χ3v) is 5.74. The van der Waals surface area contributed by atoms with Crippen molar-refractivity contribution in [1.82, 2.24) is 10.2 Å². The van der Waals surface area contributed by atoms with E-state index in [0.717, 1.165) is 33.7 Å². The summed E-state index contributed by atoms with van der Waals surface area (Å²) < 4.78 is 0. The molecule has 1 fully saturated rings. The van der Waals surface area contributed by atoms with Gasteiger partial charge in [-0.3, -0.25) is 14.5 Å². The van der Waals surface area contributed by atoms with Gasteiger partial charge in [0.25, 0.3) is 5.91 Å². The molecule has 6 heteroatoms. The molecule has 1 aliphatic heterocycles. The number of carbonyl (C=O) groups excluding carboxylic acids is 3. The molecular weight excluding hydrogens is 378 g/mol. The number of hydrogen-bond acceptors (Lipinski definition) is 3. The molecule has 0 spiro atoms. The molecule has 6 nitrogen and oxygen atoms in total. The van der Waals surface area contributed by atoms with E-state index in [2.05, 4.69) is 24.5 Å². The number of urea groups is 1. The van der Waals surface area contributed by atoms with Gasteiger partial charge in [-0.25, -0.2) is 4.79 Å². The Hall–Kier alpha value is -3.15. The third-order valence-electron chi connectivity index (χ3n) is 5.74. The van der Waals surface area contributed by atoms with Gasteiger partial charge in [-0.2, -0.15) is 0 Å². The summed E-state index contributed by atoms with van der Waals surface area (Å²) in [5.74, 6) is -0.460. The Balaban J connectivity index is 1.77. The van der Waals surface area contributed by atoms with Crippen LogP contribution < -0.4 is 10.6 Å². The molecule has 0 aromatic heterocycles. The van der Waals surface area contributed by atoms with Crippen molar-refractivity contribution < 1.29 is 14.4 Å². The molecule has 0 radical (unpaired) electrons. The Morgan fingerprint density at radius 1 is 1.13 bits per heavy atom.